The van der Waals surface area contributed by atoms with Crippen LogP contribution in [0.15, 0.2) is 18.2 Å². The molecule has 0 aliphatic rings. The average molecular weight is 252 g/mol. The molecule has 0 aromatic heterocycles. The van der Waals surface area contributed by atoms with Gasteiger partial charge >= 0.3 is 0 Å². The van der Waals surface area contributed by atoms with Gasteiger partial charge in [-0.15, -0.1) is 0 Å². The second-order valence-electron chi connectivity index (χ2n) is 3.59. The Morgan fingerprint density at radius 1 is 1.00 bits per heavy atom. The maximum absolute atomic E-state index is 5.36. The van der Waals surface area contributed by atoms with E-state index in [9.17, 15) is 0 Å². The van der Waals surface area contributed by atoms with Crippen molar-refractivity contribution in [3.05, 3.63) is 23.8 Å². The summed E-state index contributed by atoms with van der Waals surface area (Å²) in [6.45, 7) is 2.05. The lowest BCUT2D eigenvalue weighted by atomic mass is 10.1. The predicted molar refractivity (Wildman–Crippen MR) is 71.4 cm³/mol. The Hall–Kier alpha value is -1.84. The van der Waals surface area contributed by atoms with Gasteiger partial charge in [0.25, 0.3) is 0 Å². The molecule has 0 amide bonds. The number of hydrogen-bond donors (Lipinski definition) is 0. The molecule has 0 bridgehead atoms. The van der Waals surface area contributed by atoms with Gasteiger partial charge in [-0.3, -0.25) is 0 Å². The lowest BCUT2D eigenvalue weighted by molar-refractivity contribution is 0.323. The van der Waals surface area contributed by atoms with E-state index in [0.717, 1.165) is 17.7 Å². The number of rotatable bonds is 6. The lowest BCUT2D eigenvalue weighted by Gasteiger charge is -2.15. The van der Waals surface area contributed by atoms with Crippen LogP contribution in [0.4, 0.5) is 0 Å². The van der Waals surface area contributed by atoms with Crippen LogP contribution < -0.4 is 14.2 Å². The highest BCUT2D eigenvalue weighted by Crippen LogP contribution is 2.39. The Balaban J connectivity index is 3.34. The van der Waals surface area contributed by atoms with Gasteiger partial charge in [0, 0.05) is 5.56 Å². The van der Waals surface area contributed by atoms with Gasteiger partial charge in [-0.2, -0.15) is 0 Å². The van der Waals surface area contributed by atoms with E-state index >= 15 is 0 Å². The third-order valence-electron chi connectivity index (χ3n) is 2.56. The number of allylic oxidation sites excluding steroid dienone is 1. The van der Waals surface area contributed by atoms with Gasteiger partial charge in [-0.25, -0.2) is 0 Å². The van der Waals surface area contributed by atoms with Crippen LogP contribution in [-0.4, -0.2) is 28.4 Å². The number of ether oxygens (including phenoxy) is 4. The molecular formula is C14H20O4. The fourth-order valence-corrected chi connectivity index (χ4v) is 1.73. The molecule has 0 N–H and O–H groups in total. The SMILES string of the molecule is CC/C=C(\OC)c1cc(OC)c(OC)c(OC)c1. The third kappa shape index (κ3) is 2.88. The molecule has 1 aromatic carbocycles. The first-order valence-corrected chi connectivity index (χ1v) is 5.76. The van der Waals surface area contributed by atoms with E-state index < -0.39 is 0 Å². The molecule has 0 saturated heterocycles. The van der Waals surface area contributed by atoms with E-state index in [-0.39, 0.29) is 0 Å². The van der Waals surface area contributed by atoms with Crippen LogP contribution in [-0.2, 0) is 4.74 Å². The van der Waals surface area contributed by atoms with Gasteiger partial charge in [0.15, 0.2) is 11.5 Å². The molecular weight excluding hydrogens is 232 g/mol. The molecule has 1 rings (SSSR count). The van der Waals surface area contributed by atoms with Crippen LogP contribution in [0, 0.1) is 0 Å². The third-order valence-corrected chi connectivity index (χ3v) is 2.56. The first-order chi connectivity index (χ1) is 8.71. The summed E-state index contributed by atoms with van der Waals surface area (Å²) >= 11 is 0. The molecule has 18 heavy (non-hydrogen) atoms. The standard InChI is InChI=1S/C14H20O4/c1-6-7-11(15-2)10-8-12(16-3)14(18-5)13(9-10)17-4/h7-9H,6H2,1-5H3/b11-7-. The summed E-state index contributed by atoms with van der Waals surface area (Å²) in [5, 5.41) is 0. The van der Waals surface area contributed by atoms with Crippen LogP contribution in [0.2, 0.25) is 0 Å². The summed E-state index contributed by atoms with van der Waals surface area (Å²) in [5.74, 6) is 2.60. The highest BCUT2D eigenvalue weighted by atomic mass is 16.5. The highest BCUT2D eigenvalue weighted by Gasteiger charge is 2.15. The largest absolute Gasteiger partial charge is 0.496 e. The van der Waals surface area contributed by atoms with Crippen molar-refractivity contribution in [3.8, 4) is 17.2 Å². The van der Waals surface area contributed by atoms with Crippen molar-refractivity contribution < 1.29 is 18.9 Å². The van der Waals surface area contributed by atoms with Crippen molar-refractivity contribution >= 4 is 5.76 Å². The van der Waals surface area contributed by atoms with Crippen molar-refractivity contribution in [2.75, 3.05) is 28.4 Å². The topological polar surface area (TPSA) is 36.9 Å². The molecule has 0 aliphatic heterocycles. The van der Waals surface area contributed by atoms with Crippen LogP contribution in [0.1, 0.15) is 18.9 Å². The number of benzene rings is 1. The summed E-state index contributed by atoms with van der Waals surface area (Å²) < 4.78 is 21.2. The number of methoxy groups -OCH3 is 4. The molecule has 0 radical (unpaired) electrons. The van der Waals surface area contributed by atoms with Crippen LogP contribution in [0.5, 0.6) is 17.2 Å². The normalized spacial score (nSPS) is 11.1. The molecule has 0 spiro atoms. The fraction of sp³-hybridized carbons (Fsp3) is 0.429. The summed E-state index contributed by atoms with van der Waals surface area (Å²) in [4.78, 5) is 0. The quantitative estimate of drug-likeness (QED) is 0.729. The van der Waals surface area contributed by atoms with Gasteiger partial charge in [0.1, 0.15) is 5.76 Å². The van der Waals surface area contributed by atoms with Crippen molar-refractivity contribution in [2.24, 2.45) is 0 Å². The maximum Gasteiger partial charge on any atom is 0.203 e. The molecule has 100 valence electrons. The second-order valence-corrected chi connectivity index (χ2v) is 3.59. The van der Waals surface area contributed by atoms with Gasteiger partial charge in [0.05, 0.1) is 28.4 Å². The van der Waals surface area contributed by atoms with Crippen LogP contribution in [0.3, 0.4) is 0 Å². The zero-order chi connectivity index (χ0) is 13.5. The number of hydrogen-bond acceptors (Lipinski definition) is 4. The van der Waals surface area contributed by atoms with Gasteiger partial charge in [-0.05, 0) is 24.6 Å². The van der Waals surface area contributed by atoms with Crippen molar-refractivity contribution in [1.29, 1.82) is 0 Å². The lowest BCUT2D eigenvalue weighted by Crippen LogP contribution is -1.97. The first kappa shape index (κ1) is 14.2. The minimum atomic E-state index is 0.579. The molecule has 0 saturated carbocycles. The maximum atomic E-state index is 5.36. The van der Waals surface area contributed by atoms with Gasteiger partial charge in [0.2, 0.25) is 5.75 Å². The zero-order valence-corrected chi connectivity index (χ0v) is 11.6. The van der Waals surface area contributed by atoms with Gasteiger partial charge < -0.3 is 18.9 Å². The zero-order valence-electron chi connectivity index (χ0n) is 11.6. The highest BCUT2D eigenvalue weighted by molar-refractivity contribution is 5.67. The predicted octanol–water partition coefficient (Wildman–Crippen LogP) is 3.11. The molecule has 0 unspecified atom stereocenters. The van der Waals surface area contributed by atoms with E-state index in [1.165, 1.54) is 0 Å². The molecule has 4 heteroatoms. The monoisotopic (exact) mass is 252 g/mol. The molecule has 0 aliphatic carbocycles. The van der Waals surface area contributed by atoms with Crippen LogP contribution in [0.25, 0.3) is 5.76 Å². The summed E-state index contributed by atoms with van der Waals surface area (Å²) in [5.41, 5.74) is 0.897. The Kier molecular flexibility index (Phi) is 5.36. The molecule has 1 aromatic rings. The van der Waals surface area contributed by atoms with E-state index in [1.54, 1.807) is 28.4 Å². The van der Waals surface area contributed by atoms with E-state index in [1.807, 2.05) is 18.2 Å². The Bertz CT molecular complexity index is 399. The fourth-order valence-electron chi connectivity index (χ4n) is 1.73. The summed E-state index contributed by atoms with van der Waals surface area (Å²) in [6, 6.07) is 3.73. The molecule has 0 heterocycles. The summed E-state index contributed by atoms with van der Waals surface area (Å²) in [6.07, 6.45) is 2.89. The molecule has 0 atom stereocenters. The smallest absolute Gasteiger partial charge is 0.203 e. The summed E-state index contributed by atoms with van der Waals surface area (Å²) in [7, 11) is 6.41. The Labute approximate surface area is 108 Å². The molecule has 0 fully saturated rings. The average Bonchev–Trinajstić information content (AvgIpc) is 2.42. The minimum Gasteiger partial charge on any atom is -0.496 e. The van der Waals surface area contributed by atoms with Crippen molar-refractivity contribution in [2.45, 2.75) is 13.3 Å². The Morgan fingerprint density at radius 3 is 1.89 bits per heavy atom. The van der Waals surface area contributed by atoms with E-state index in [0.29, 0.717) is 17.2 Å². The second kappa shape index (κ2) is 6.79. The van der Waals surface area contributed by atoms with E-state index in [4.69, 9.17) is 18.9 Å². The van der Waals surface area contributed by atoms with Crippen molar-refractivity contribution in [1.82, 2.24) is 0 Å². The first-order valence-electron chi connectivity index (χ1n) is 5.76. The van der Waals surface area contributed by atoms with Crippen LogP contribution >= 0.6 is 0 Å². The molecule has 4 nitrogen and oxygen atoms in total. The minimum absolute atomic E-state index is 0.579. The Morgan fingerprint density at radius 2 is 1.56 bits per heavy atom. The van der Waals surface area contributed by atoms with Gasteiger partial charge in [-0.1, -0.05) is 6.92 Å². The van der Waals surface area contributed by atoms with E-state index in [2.05, 4.69) is 6.92 Å². The van der Waals surface area contributed by atoms with Crippen molar-refractivity contribution in [3.63, 3.8) is 0 Å².